The molecule has 0 amide bonds. The molecule has 0 aliphatic carbocycles. The fourth-order valence-corrected chi connectivity index (χ4v) is 3.53. The van der Waals surface area contributed by atoms with Gasteiger partial charge in [-0.25, -0.2) is 0 Å². The molecule has 0 spiro atoms. The van der Waals surface area contributed by atoms with Crippen molar-refractivity contribution in [2.24, 2.45) is 0 Å². The number of hydrogen-bond acceptors (Lipinski definition) is 0. The van der Waals surface area contributed by atoms with E-state index in [1.165, 1.54) is 17.1 Å². The van der Waals surface area contributed by atoms with Gasteiger partial charge in [0.1, 0.15) is 0 Å². The summed E-state index contributed by atoms with van der Waals surface area (Å²) in [6.45, 7) is 2.31. The lowest BCUT2D eigenvalue weighted by Gasteiger charge is -1.90. The van der Waals surface area contributed by atoms with Crippen LogP contribution in [0.3, 0.4) is 0 Å². The van der Waals surface area contributed by atoms with Crippen molar-refractivity contribution in [2.75, 3.05) is 12.8 Å². The molecule has 0 radical (unpaired) electrons. The molecule has 0 saturated heterocycles. The lowest BCUT2D eigenvalue weighted by Crippen LogP contribution is -1.66. The molecule has 1 rings (SSSR count). The van der Waals surface area contributed by atoms with Gasteiger partial charge in [0.05, 0.1) is 0 Å². The maximum Gasteiger partial charge on any atom is -0.00410 e. The molecule has 1 aliphatic rings. The van der Waals surface area contributed by atoms with E-state index in [0.717, 1.165) is 0 Å². The number of rotatable bonds is 0. The summed E-state index contributed by atoms with van der Waals surface area (Å²) in [6.07, 6.45) is 2.68. The molecule has 0 N–H and O–H groups in total. The first-order chi connectivity index (χ1) is 3.29. The van der Waals surface area contributed by atoms with E-state index in [2.05, 4.69) is 28.4 Å². The van der Waals surface area contributed by atoms with Crippen molar-refractivity contribution in [3.8, 4) is 0 Å². The molecule has 40 valence electrons. The zero-order valence-corrected chi connectivity index (χ0v) is 6.80. The second-order valence-corrected chi connectivity index (χ2v) is 5.04. The van der Waals surface area contributed by atoms with Crippen LogP contribution in [0.15, 0.2) is 10.3 Å². The van der Waals surface area contributed by atoms with E-state index in [-0.39, 0.29) is 7.92 Å². The largest absolute Gasteiger partial charge is 0.0852 e. The quantitative estimate of drug-likeness (QED) is 0.501. The maximum absolute atomic E-state index is 3.46. The monoisotopic (exact) mass is 178 g/mol. The molecule has 0 bridgehead atoms. The molecule has 0 aromatic rings. The van der Waals surface area contributed by atoms with Gasteiger partial charge in [-0.1, -0.05) is 29.7 Å². The molecule has 7 heavy (non-hydrogen) atoms. The highest BCUT2D eigenvalue weighted by Gasteiger charge is 2.06. The van der Waals surface area contributed by atoms with Crippen LogP contribution < -0.4 is 0 Å². The van der Waals surface area contributed by atoms with Crippen molar-refractivity contribution >= 4 is 23.9 Å². The molecular weight excluding hydrogens is 171 g/mol. The fourth-order valence-electron chi connectivity index (χ4n) is 0.651. The molecule has 1 atom stereocenters. The lowest BCUT2D eigenvalue weighted by atomic mass is 10.5. The molecule has 2 heteroatoms. The Labute approximate surface area is 53.9 Å². The van der Waals surface area contributed by atoms with Gasteiger partial charge in [-0.2, -0.15) is 0 Å². The van der Waals surface area contributed by atoms with Crippen LogP contribution >= 0.6 is 23.9 Å². The van der Waals surface area contributed by atoms with E-state index in [1.54, 1.807) is 0 Å². The maximum atomic E-state index is 3.46. The smallest absolute Gasteiger partial charge is 0.00410 e. The van der Waals surface area contributed by atoms with Crippen LogP contribution in [0.25, 0.3) is 0 Å². The third kappa shape index (κ3) is 1.54. The van der Waals surface area contributed by atoms with Crippen molar-refractivity contribution in [3.63, 3.8) is 0 Å². The Morgan fingerprint density at radius 1 is 1.86 bits per heavy atom. The third-order valence-corrected chi connectivity index (χ3v) is 3.72. The molecule has 1 heterocycles. The Balaban J connectivity index is 2.50. The second-order valence-electron chi connectivity index (χ2n) is 1.81. The van der Waals surface area contributed by atoms with Crippen LogP contribution in [-0.2, 0) is 0 Å². The lowest BCUT2D eigenvalue weighted by molar-refractivity contribution is 1.25. The Morgan fingerprint density at radius 3 is 2.71 bits per heavy atom. The van der Waals surface area contributed by atoms with Crippen LogP contribution in [0.5, 0.6) is 0 Å². The number of hydrogen-bond donors (Lipinski definition) is 0. The van der Waals surface area contributed by atoms with E-state index in [0.29, 0.717) is 0 Å². The summed E-state index contributed by atoms with van der Waals surface area (Å²) in [5.74, 6) is 2.34. The summed E-state index contributed by atoms with van der Waals surface area (Å²) in [7, 11) is 0.287. The Morgan fingerprint density at radius 2 is 2.57 bits per heavy atom. The standard InChI is InChI=1S/C5H8BrP/c1-7-3-2-5(6)4-7/h4H,2-3H2,1H3. The van der Waals surface area contributed by atoms with Gasteiger partial charge in [0.25, 0.3) is 0 Å². The molecule has 0 saturated carbocycles. The summed E-state index contributed by atoms with van der Waals surface area (Å²) in [5, 5.41) is 0. The fraction of sp³-hybridized carbons (Fsp3) is 0.600. The van der Waals surface area contributed by atoms with E-state index < -0.39 is 0 Å². The van der Waals surface area contributed by atoms with Gasteiger partial charge < -0.3 is 0 Å². The van der Waals surface area contributed by atoms with E-state index in [1.807, 2.05) is 0 Å². The molecule has 0 fully saturated rings. The van der Waals surface area contributed by atoms with Gasteiger partial charge in [-0.15, -0.1) is 0 Å². The van der Waals surface area contributed by atoms with Crippen LogP contribution in [0.1, 0.15) is 6.42 Å². The highest BCUT2D eigenvalue weighted by molar-refractivity contribution is 9.11. The first-order valence-electron chi connectivity index (χ1n) is 2.35. The molecule has 0 aromatic heterocycles. The Bertz CT molecular complexity index is 98.3. The Hall–Kier alpha value is 0.650. The Kier molecular flexibility index (Phi) is 1.88. The zero-order valence-electron chi connectivity index (χ0n) is 4.32. The van der Waals surface area contributed by atoms with E-state index in [9.17, 15) is 0 Å². The molecule has 0 nitrogen and oxygen atoms in total. The zero-order chi connectivity index (χ0) is 5.28. The number of halogens is 1. The number of allylic oxidation sites excluding steroid dienone is 1. The van der Waals surface area contributed by atoms with Crippen LogP contribution in [0.4, 0.5) is 0 Å². The highest BCUT2D eigenvalue weighted by Crippen LogP contribution is 2.43. The molecule has 1 unspecified atom stereocenters. The minimum atomic E-state index is 0.287. The van der Waals surface area contributed by atoms with Gasteiger partial charge >= 0.3 is 0 Å². The predicted octanol–water partition coefficient (Wildman–Crippen LogP) is 2.74. The van der Waals surface area contributed by atoms with Gasteiger partial charge in [0.15, 0.2) is 0 Å². The predicted molar refractivity (Wildman–Crippen MR) is 39.3 cm³/mol. The van der Waals surface area contributed by atoms with E-state index in [4.69, 9.17) is 0 Å². The van der Waals surface area contributed by atoms with Gasteiger partial charge in [0.2, 0.25) is 0 Å². The van der Waals surface area contributed by atoms with Crippen molar-refractivity contribution in [2.45, 2.75) is 6.42 Å². The third-order valence-electron chi connectivity index (χ3n) is 1.06. The minimum absolute atomic E-state index is 0.287. The van der Waals surface area contributed by atoms with Crippen LogP contribution in [0.2, 0.25) is 0 Å². The molecule has 0 aromatic carbocycles. The normalized spacial score (nSPS) is 30.6. The average molecular weight is 179 g/mol. The summed E-state index contributed by atoms with van der Waals surface area (Å²) in [5.41, 5.74) is 0. The highest BCUT2D eigenvalue weighted by atomic mass is 79.9. The van der Waals surface area contributed by atoms with Crippen LogP contribution in [-0.4, -0.2) is 12.8 Å². The van der Waals surface area contributed by atoms with Gasteiger partial charge in [-0.3, -0.25) is 0 Å². The molecule has 1 aliphatic heterocycles. The second kappa shape index (κ2) is 2.28. The first-order valence-corrected chi connectivity index (χ1v) is 5.19. The summed E-state index contributed by atoms with van der Waals surface area (Å²) in [4.78, 5) is 0. The van der Waals surface area contributed by atoms with Crippen molar-refractivity contribution in [3.05, 3.63) is 10.3 Å². The average Bonchev–Trinajstić information content (AvgIpc) is 1.87. The van der Waals surface area contributed by atoms with Gasteiger partial charge in [0, 0.05) is 0 Å². The first kappa shape index (κ1) is 5.78. The summed E-state index contributed by atoms with van der Waals surface area (Å²) in [6, 6.07) is 0. The minimum Gasteiger partial charge on any atom is -0.0852 e. The molecular formula is C5H8BrP. The topological polar surface area (TPSA) is 0 Å². The van der Waals surface area contributed by atoms with Crippen molar-refractivity contribution in [1.29, 1.82) is 0 Å². The van der Waals surface area contributed by atoms with Crippen LogP contribution in [0, 0.1) is 0 Å². The van der Waals surface area contributed by atoms with E-state index >= 15 is 0 Å². The van der Waals surface area contributed by atoms with Crippen molar-refractivity contribution in [1.82, 2.24) is 0 Å². The summed E-state index contributed by atoms with van der Waals surface area (Å²) < 4.78 is 1.42. The van der Waals surface area contributed by atoms with Crippen molar-refractivity contribution < 1.29 is 0 Å². The SMILES string of the molecule is CP1C=C(Br)CC1. The van der Waals surface area contributed by atoms with Gasteiger partial charge in [-0.05, 0) is 23.7 Å². The summed E-state index contributed by atoms with van der Waals surface area (Å²) >= 11 is 3.46.